The molecular weight excluding hydrogens is 579 g/mol. The van der Waals surface area contributed by atoms with Crippen molar-refractivity contribution in [3.8, 4) is 6.07 Å². The fourth-order valence-electron chi connectivity index (χ4n) is 6.85. The minimum atomic E-state index is -0.741. The number of carbonyl (C=O) groups is 1. The zero-order valence-electron chi connectivity index (χ0n) is 25.5. The first-order valence-electron chi connectivity index (χ1n) is 14.7. The van der Waals surface area contributed by atoms with Gasteiger partial charge in [-0.3, -0.25) is 4.79 Å². The summed E-state index contributed by atoms with van der Waals surface area (Å²) in [4.78, 5) is 23.4. The molecule has 1 saturated heterocycles. The first kappa shape index (κ1) is 29.5. The monoisotopic (exact) mass is 617 g/mol. The minimum absolute atomic E-state index is 0.00850. The van der Waals surface area contributed by atoms with Crippen LogP contribution in [0.1, 0.15) is 67.4 Å². The number of tetrazole rings is 1. The van der Waals surface area contributed by atoms with Crippen LogP contribution in [0, 0.1) is 17.2 Å². The van der Waals surface area contributed by atoms with Gasteiger partial charge in [-0.25, -0.2) is 0 Å². The topological polar surface area (TPSA) is 117 Å². The molecule has 1 amide bonds. The predicted octanol–water partition coefficient (Wildman–Crippen LogP) is 3.86. The molecule has 2 fully saturated rings. The number of nitriles is 1. The number of nitrogens with zero attached hydrogens (tertiary/aromatic N) is 7. The fourth-order valence-corrected chi connectivity index (χ4v) is 9.40. The molecule has 43 heavy (non-hydrogen) atoms. The molecule has 5 atom stereocenters. The number of rotatable bonds is 10. The number of nitrogens with one attached hydrogen (secondary N) is 2. The summed E-state index contributed by atoms with van der Waals surface area (Å²) in [5, 5.41) is 29.4. The number of piperidine rings is 1. The molecule has 0 radical (unpaired) electrons. The third-order valence-corrected chi connectivity index (χ3v) is 11.6. The Labute approximate surface area is 261 Å². The average Bonchev–Trinajstić information content (AvgIpc) is 3.48. The summed E-state index contributed by atoms with van der Waals surface area (Å²) in [6.45, 7) is 11.5. The maximum Gasteiger partial charge on any atom is 0.263 e. The number of fused-ring (bicyclic) bond motifs is 3. The summed E-state index contributed by atoms with van der Waals surface area (Å²) in [5.41, 5.74) is 3.39. The summed E-state index contributed by atoms with van der Waals surface area (Å²) < 4.78 is 0. The van der Waals surface area contributed by atoms with Gasteiger partial charge in [0.2, 0.25) is 0 Å². The molecule has 2 N–H and O–H groups in total. The lowest BCUT2D eigenvalue weighted by Crippen LogP contribution is -2.42. The van der Waals surface area contributed by atoms with Crippen molar-refractivity contribution in [3.05, 3.63) is 67.4 Å². The standard InChI is InChI=1S/C31H39N9OS2/c1-17(33-16-18(2)40-21(15-32)10-20-11-24(20)40)14-31(30-34-36-37-35-30)22-12-27(19(3)38(4)5)42-25(22)8-9-26-23(31)13-28(43-26)29(41)39(6)7/h12-13,17,20-21,24,33H,2-3,8-11,14,16H2,1,4-7H3,(H,34,35,36,37)/t17-,20-,21?,24+,31?/m1/s1. The molecule has 3 aromatic heterocycles. The highest BCUT2D eigenvalue weighted by Gasteiger charge is 2.52. The molecule has 12 heteroatoms. The molecule has 6 rings (SSSR count). The number of likely N-dealkylation sites (tertiary alicyclic amines) is 1. The zero-order valence-corrected chi connectivity index (χ0v) is 27.1. The van der Waals surface area contributed by atoms with Crippen LogP contribution in [0.3, 0.4) is 0 Å². The van der Waals surface area contributed by atoms with Crippen molar-refractivity contribution in [3.63, 3.8) is 0 Å². The van der Waals surface area contributed by atoms with Gasteiger partial charge < -0.3 is 20.0 Å². The maximum atomic E-state index is 13.2. The van der Waals surface area contributed by atoms with Crippen molar-refractivity contribution in [2.24, 2.45) is 5.92 Å². The number of carbonyl (C=O) groups excluding carboxylic acids is 1. The normalized spacial score (nSPS) is 24.3. The van der Waals surface area contributed by atoms with Crippen LogP contribution >= 0.6 is 22.7 Å². The number of hydrogen-bond acceptors (Lipinski definition) is 10. The molecule has 0 aromatic carbocycles. The molecule has 4 heterocycles. The smallest absolute Gasteiger partial charge is 0.263 e. The van der Waals surface area contributed by atoms with E-state index in [1.54, 1.807) is 41.7 Å². The number of amides is 1. The molecule has 0 bridgehead atoms. The second-order valence-corrected chi connectivity index (χ2v) is 14.8. The number of aromatic amines is 1. The highest BCUT2D eigenvalue weighted by atomic mass is 32.1. The molecule has 1 aliphatic heterocycles. The van der Waals surface area contributed by atoms with Gasteiger partial charge >= 0.3 is 0 Å². The average molecular weight is 618 g/mol. The fraction of sp³-hybridized carbons (Fsp3) is 0.516. The summed E-state index contributed by atoms with van der Waals surface area (Å²) in [6.07, 6.45) is 4.42. The third-order valence-electron chi connectivity index (χ3n) is 9.17. The Bertz CT molecular complexity index is 1530. The van der Waals surface area contributed by atoms with Crippen LogP contribution in [0.2, 0.25) is 0 Å². The Kier molecular flexibility index (Phi) is 7.69. The Morgan fingerprint density at radius 1 is 1.16 bits per heavy atom. The van der Waals surface area contributed by atoms with Gasteiger partial charge in [0.1, 0.15) is 6.04 Å². The van der Waals surface area contributed by atoms with E-state index in [0.29, 0.717) is 35.6 Å². The Morgan fingerprint density at radius 2 is 1.84 bits per heavy atom. The lowest BCUT2D eigenvalue weighted by atomic mass is 9.70. The molecule has 3 aliphatic rings. The van der Waals surface area contributed by atoms with Gasteiger partial charge in [0.15, 0.2) is 5.82 Å². The van der Waals surface area contributed by atoms with E-state index in [4.69, 9.17) is 0 Å². The summed E-state index contributed by atoms with van der Waals surface area (Å²) in [7, 11) is 7.59. The number of H-pyrrole nitrogens is 1. The van der Waals surface area contributed by atoms with Crippen LogP contribution in [0.5, 0.6) is 0 Å². The van der Waals surface area contributed by atoms with Crippen molar-refractivity contribution in [2.45, 2.75) is 62.6 Å². The number of aromatic nitrogens is 4. The SMILES string of the molecule is C=C(c1cc2c(s1)CCc1sc(C(=O)N(C)C)cc1C2(C[C@@H](C)NCC(=C)N1C(C#N)C[C@@H]2C[C@@H]21)c1nn[nH]n1)N(C)C. The van der Waals surface area contributed by atoms with E-state index in [1.807, 2.05) is 19.0 Å². The second-order valence-electron chi connectivity index (χ2n) is 12.5. The lowest BCUT2D eigenvalue weighted by Gasteiger charge is -2.35. The van der Waals surface area contributed by atoms with Crippen molar-refractivity contribution in [2.75, 3.05) is 34.7 Å². The van der Waals surface area contributed by atoms with Crippen molar-refractivity contribution < 1.29 is 4.79 Å². The molecule has 226 valence electrons. The van der Waals surface area contributed by atoms with Gasteiger partial charge in [-0.1, -0.05) is 18.4 Å². The van der Waals surface area contributed by atoms with Crippen LogP contribution < -0.4 is 5.32 Å². The lowest BCUT2D eigenvalue weighted by molar-refractivity contribution is 0.0832. The molecule has 2 unspecified atom stereocenters. The first-order valence-corrected chi connectivity index (χ1v) is 16.4. The minimum Gasteiger partial charge on any atom is -0.377 e. The predicted molar refractivity (Wildman–Crippen MR) is 170 cm³/mol. The van der Waals surface area contributed by atoms with Crippen molar-refractivity contribution in [1.82, 2.24) is 40.6 Å². The number of hydrogen-bond donors (Lipinski definition) is 2. The largest absolute Gasteiger partial charge is 0.377 e. The van der Waals surface area contributed by atoms with Gasteiger partial charge in [-0.2, -0.15) is 10.5 Å². The highest BCUT2D eigenvalue weighted by molar-refractivity contribution is 7.14. The molecule has 10 nitrogen and oxygen atoms in total. The van der Waals surface area contributed by atoms with Crippen LogP contribution in [0.15, 0.2) is 31.0 Å². The van der Waals surface area contributed by atoms with Crippen molar-refractivity contribution >= 4 is 34.3 Å². The zero-order chi connectivity index (χ0) is 30.6. The van der Waals surface area contributed by atoms with Crippen LogP contribution in [-0.2, 0) is 18.3 Å². The summed E-state index contributed by atoms with van der Waals surface area (Å²) in [5.74, 6) is 1.21. The van der Waals surface area contributed by atoms with E-state index in [-0.39, 0.29) is 18.0 Å². The van der Waals surface area contributed by atoms with Gasteiger partial charge in [0.05, 0.1) is 21.2 Å². The van der Waals surface area contributed by atoms with E-state index in [0.717, 1.165) is 53.1 Å². The van der Waals surface area contributed by atoms with Gasteiger partial charge in [-0.05, 0) is 68.2 Å². The molecule has 0 spiro atoms. The summed E-state index contributed by atoms with van der Waals surface area (Å²) >= 11 is 3.35. The summed E-state index contributed by atoms with van der Waals surface area (Å²) in [6, 6.07) is 7.17. The first-order chi connectivity index (χ1) is 20.5. The Morgan fingerprint density at radius 3 is 2.44 bits per heavy atom. The van der Waals surface area contributed by atoms with E-state index in [9.17, 15) is 10.1 Å². The van der Waals surface area contributed by atoms with E-state index in [1.165, 1.54) is 9.75 Å². The number of aryl methyl sites for hydroxylation is 2. The van der Waals surface area contributed by atoms with Gasteiger partial charge in [0, 0.05) is 68.0 Å². The van der Waals surface area contributed by atoms with E-state index >= 15 is 0 Å². The maximum absolute atomic E-state index is 13.2. The highest BCUT2D eigenvalue weighted by Crippen LogP contribution is 2.52. The third kappa shape index (κ3) is 5.07. The van der Waals surface area contributed by atoms with Gasteiger partial charge in [0.25, 0.3) is 5.91 Å². The van der Waals surface area contributed by atoms with Crippen LogP contribution in [0.4, 0.5) is 0 Å². The quantitative estimate of drug-likeness (QED) is 0.352. The van der Waals surface area contributed by atoms with Crippen LogP contribution in [-0.4, -0.2) is 94.1 Å². The Hall–Kier alpha value is -3.53. The van der Waals surface area contributed by atoms with Crippen LogP contribution in [0.25, 0.3) is 5.70 Å². The van der Waals surface area contributed by atoms with Gasteiger partial charge in [-0.15, -0.1) is 32.9 Å². The second kappa shape index (κ2) is 11.2. The molecule has 2 aliphatic carbocycles. The molecule has 3 aromatic rings. The Balaban J connectivity index is 1.41. The van der Waals surface area contributed by atoms with Crippen molar-refractivity contribution in [1.29, 1.82) is 5.26 Å². The molecular formula is C31H39N9OS2. The molecule has 1 saturated carbocycles. The number of thiophene rings is 2. The van der Waals surface area contributed by atoms with E-state index < -0.39 is 5.41 Å². The van der Waals surface area contributed by atoms with E-state index in [2.05, 4.69) is 69.1 Å².